The van der Waals surface area contributed by atoms with Gasteiger partial charge in [0, 0.05) is 5.70 Å². The van der Waals surface area contributed by atoms with Crippen LogP contribution in [0, 0.1) is 0 Å². The van der Waals surface area contributed by atoms with Gasteiger partial charge >= 0.3 is 5.97 Å². The third-order valence-corrected chi connectivity index (χ3v) is 6.45. The number of hydrogen-bond donors (Lipinski definition) is 1. The van der Waals surface area contributed by atoms with E-state index in [1.165, 1.54) is 12.7 Å². The van der Waals surface area contributed by atoms with Gasteiger partial charge in [0.15, 0.2) is 11.5 Å². The van der Waals surface area contributed by atoms with Crippen molar-refractivity contribution in [3.05, 3.63) is 39.8 Å². The Balaban J connectivity index is 1.74. The highest BCUT2D eigenvalue weighted by Crippen LogP contribution is 2.43. The Labute approximate surface area is 196 Å². The van der Waals surface area contributed by atoms with Gasteiger partial charge < -0.3 is 19.5 Å². The molecule has 1 unspecified atom stereocenters. The molecule has 1 aliphatic heterocycles. The van der Waals surface area contributed by atoms with Crippen molar-refractivity contribution in [1.82, 2.24) is 14.8 Å². The van der Waals surface area contributed by atoms with Crippen LogP contribution in [0.1, 0.15) is 64.0 Å². The second kappa shape index (κ2) is 9.94. The number of nitrogens with one attached hydrogen (secondary N) is 1. The number of benzene rings is 1. The SMILES string of the molecule is CCCOc1c(Br)cc(C2C(C(=O)OC3CCCCC3)=C(C)Nc3ncnn32)cc1OC. The lowest BCUT2D eigenvalue weighted by Gasteiger charge is -2.30. The monoisotopic (exact) mass is 504 g/mol. The molecule has 1 saturated carbocycles. The minimum atomic E-state index is -0.504. The average molecular weight is 505 g/mol. The van der Waals surface area contributed by atoms with Gasteiger partial charge in [0.05, 0.1) is 23.8 Å². The lowest BCUT2D eigenvalue weighted by molar-refractivity contribution is -0.146. The summed E-state index contributed by atoms with van der Waals surface area (Å²) < 4.78 is 19.9. The molecule has 2 aliphatic rings. The lowest BCUT2D eigenvalue weighted by atomic mass is 9.94. The Hall–Kier alpha value is -2.55. The number of carbonyl (C=O) groups excluding carboxylic acids is 1. The molecule has 1 N–H and O–H groups in total. The number of rotatable bonds is 7. The summed E-state index contributed by atoms with van der Waals surface area (Å²) in [6, 6.07) is 3.32. The number of aromatic nitrogens is 3. The Bertz CT molecular complexity index is 1010. The number of fused-ring (bicyclic) bond motifs is 1. The van der Waals surface area contributed by atoms with Gasteiger partial charge in [-0.05, 0) is 72.7 Å². The Morgan fingerprint density at radius 1 is 1.28 bits per heavy atom. The highest BCUT2D eigenvalue weighted by atomic mass is 79.9. The second-order valence-corrected chi connectivity index (χ2v) is 9.00. The van der Waals surface area contributed by atoms with Gasteiger partial charge in [0.2, 0.25) is 5.95 Å². The van der Waals surface area contributed by atoms with E-state index in [1.807, 2.05) is 26.0 Å². The summed E-state index contributed by atoms with van der Waals surface area (Å²) in [6.07, 6.45) is 7.52. The van der Waals surface area contributed by atoms with Gasteiger partial charge in [0.25, 0.3) is 0 Å². The number of carbonyl (C=O) groups is 1. The van der Waals surface area contributed by atoms with E-state index in [2.05, 4.69) is 31.3 Å². The Morgan fingerprint density at radius 3 is 2.78 bits per heavy atom. The summed E-state index contributed by atoms with van der Waals surface area (Å²) >= 11 is 3.62. The molecule has 9 heteroatoms. The van der Waals surface area contributed by atoms with Crippen molar-refractivity contribution in [2.45, 2.75) is 64.5 Å². The second-order valence-electron chi connectivity index (χ2n) is 8.14. The summed E-state index contributed by atoms with van der Waals surface area (Å²) in [6.45, 7) is 4.49. The van der Waals surface area contributed by atoms with Crippen LogP contribution >= 0.6 is 15.9 Å². The van der Waals surface area contributed by atoms with Crippen molar-refractivity contribution < 1.29 is 19.0 Å². The fourth-order valence-electron chi connectivity index (χ4n) is 4.30. The topological polar surface area (TPSA) is 87.5 Å². The molecule has 0 spiro atoms. The van der Waals surface area contributed by atoms with Gasteiger partial charge in [-0.15, -0.1) is 0 Å². The van der Waals surface area contributed by atoms with Crippen LogP contribution in [0.2, 0.25) is 0 Å². The number of methoxy groups -OCH3 is 1. The summed E-state index contributed by atoms with van der Waals surface area (Å²) in [5.74, 6) is 1.47. The number of halogens is 1. The minimum absolute atomic E-state index is 0.0413. The molecule has 1 fully saturated rings. The largest absolute Gasteiger partial charge is 0.493 e. The van der Waals surface area contributed by atoms with E-state index in [4.69, 9.17) is 14.2 Å². The summed E-state index contributed by atoms with van der Waals surface area (Å²) in [7, 11) is 1.60. The molecule has 8 nitrogen and oxygen atoms in total. The predicted molar refractivity (Wildman–Crippen MR) is 124 cm³/mol. The molecule has 0 saturated heterocycles. The van der Waals surface area contributed by atoms with Crippen LogP contribution < -0.4 is 14.8 Å². The maximum Gasteiger partial charge on any atom is 0.338 e. The van der Waals surface area contributed by atoms with Crippen molar-refractivity contribution in [2.24, 2.45) is 0 Å². The molecule has 0 radical (unpaired) electrons. The standard InChI is InChI=1S/C23H29BrN4O4/c1-4-10-31-21-17(24)11-15(12-18(21)30-3)20-19(14(2)27-23-25-13-26-28(20)23)22(29)32-16-8-6-5-7-9-16/h11-13,16,20H,4-10H2,1-3H3,(H,25,26,27). The van der Waals surface area contributed by atoms with E-state index in [-0.39, 0.29) is 12.1 Å². The Morgan fingerprint density at radius 2 is 2.06 bits per heavy atom. The molecular formula is C23H29BrN4O4. The van der Waals surface area contributed by atoms with Crippen LogP contribution in [0.4, 0.5) is 5.95 Å². The van der Waals surface area contributed by atoms with Crippen LogP contribution in [0.3, 0.4) is 0 Å². The van der Waals surface area contributed by atoms with Crippen LogP contribution in [0.15, 0.2) is 34.2 Å². The van der Waals surface area contributed by atoms with E-state index in [0.717, 1.165) is 42.1 Å². The first-order valence-corrected chi connectivity index (χ1v) is 11.9. The maximum atomic E-state index is 13.4. The first-order valence-electron chi connectivity index (χ1n) is 11.1. The molecule has 32 heavy (non-hydrogen) atoms. The molecule has 0 amide bonds. The zero-order chi connectivity index (χ0) is 22.7. The number of esters is 1. The minimum Gasteiger partial charge on any atom is -0.493 e. The van der Waals surface area contributed by atoms with Crippen LogP contribution in [0.5, 0.6) is 11.5 Å². The number of allylic oxidation sites excluding steroid dienone is 1. The Kier molecular flexibility index (Phi) is 7.03. The van der Waals surface area contributed by atoms with Crippen molar-refractivity contribution in [2.75, 3.05) is 19.0 Å². The molecule has 2 heterocycles. The molecule has 1 aromatic carbocycles. The normalized spacial score (nSPS) is 18.7. The van der Waals surface area contributed by atoms with E-state index in [9.17, 15) is 4.79 Å². The molecular weight excluding hydrogens is 476 g/mol. The molecule has 2 aromatic rings. The zero-order valence-electron chi connectivity index (χ0n) is 18.7. The molecule has 1 atom stereocenters. The smallest absolute Gasteiger partial charge is 0.338 e. The summed E-state index contributed by atoms with van der Waals surface area (Å²) in [4.78, 5) is 17.7. The van der Waals surface area contributed by atoms with Gasteiger partial charge in [-0.2, -0.15) is 10.1 Å². The van der Waals surface area contributed by atoms with E-state index in [1.54, 1.807) is 11.8 Å². The fourth-order valence-corrected chi connectivity index (χ4v) is 4.88. The summed E-state index contributed by atoms with van der Waals surface area (Å²) in [5.41, 5.74) is 2.04. The zero-order valence-corrected chi connectivity index (χ0v) is 20.3. The van der Waals surface area contributed by atoms with E-state index < -0.39 is 6.04 Å². The number of nitrogens with zero attached hydrogens (tertiary/aromatic N) is 3. The van der Waals surface area contributed by atoms with Gasteiger partial charge in [-0.1, -0.05) is 13.3 Å². The van der Waals surface area contributed by atoms with Gasteiger partial charge in [-0.3, -0.25) is 0 Å². The molecule has 172 valence electrons. The van der Waals surface area contributed by atoms with Gasteiger partial charge in [-0.25, -0.2) is 9.48 Å². The predicted octanol–water partition coefficient (Wildman–Crippen LogP) is 5.00. The van der Waals surface area contributed by atoms with Crippen LogP contribution in [-0.4, -0.2) is 40.6 Å². The van der Waals surface area contributed by atoms with Crippen molar-refractivity contribution in [3.63, 3.8) is 0 Å². The number of ether oxygens (including phenoxy) is 3. The maximum absolute atomic E-state index is 13.4. The average Bonchev–Trinajstić information content (AvgIpc) is 3.25. The van der Waals surface area contributed by atoms with Crippen molar-refractivity contribution in [1.29, 1.82) is 0 Å². The molecule has 0 bridgehead atoms. The van der Waals surface area contributed by atoms with E-state index in [0.29, 0.717) is 35.3 Å². The van der Waals surface area contributed by atoms with Gasteiger partial charge in [0.1, 0.15) is 18.5 Å². The van der Waals surface area contributed by atoms with Crippen molar-refractivity contribution >= 4 is 27.8 Å². The molecule has 1 aromatic heterocycles. The number of hydrogen-bond acceptors (Lipinski definition) is 7. The first kappa shape index (κ1) is 22.6. The van der Waals surface area contributed by atoms with Crippen molar-refractivity contribution in [3.8, 4) is 11.5 Å². The highest BCUT2D eigenvalue weighted by Gasteiger charge is 2.36. The molecule has 1 aliphatic carbocycles. The third-order valence-electron chi connectivity index (χ3n) is 5.86. The molecule has 4 rings (SSSR count). The van der Waals surface area contributed by atoms with Crippen LogP contribution in [0.25, 0.3) is 0 Å². The third kappa shape index (κ3) is 4.48. The fraction of sp³-hybridized carbons (Fsp3) is 0.522. The quantitative estimate of drug-likeness (QED) is 0.530. The first-order chi connectivity index (χ1) is 15.5. The summed E-state index contributed by atoms with van der Waals surface area (Å²) in [5, 5.41) is 7.59. The highest BCUT2D eigenvalue weighted by molar-refractivity contribution is 9.10. The van der Waals surface area contributed by atoms with Crippen LogP contribution in [-0.2, 0) is 9.53 Å². The van der Waals surface area contributed by atoms with E-state index >= 15 is 0 Å². The number of anilines is 1. The lowest BCUT2D eigenvalue weighted by Crippen LogP contribution is -2.32.